The van der Waals surface area contributed by atoms with E-state index in [-0.39, 0.29) is 5.56 Å². The summed E-state index contributed by atoms with van der Waals surface area (Å²) in [6.45, 7) is 1.38. The second-order valence-electron chi connectivity index (χ2n) is 5.05. The average Bonchev–Trinajstić information content (AvgIpc) is 2.66. The molecule has 2 aromatic carbocycles. The minimum Gasteiger partial charge on any atom is -0.449 e. The lowest BCUT2D eigenvalue weighted by Gasteiger charge is -2.14. The third kappa shape index (κ3) is 4.91. The number of hydrogen-bond donors (Lipinski definition) is 2. The summed E-state index contributed by atoms with van der Waals surface area (Å²) in [4.78, 5) is 35.7. The number of hydrogen-bond acceptors (Lipinski definition) is 5. The van der Waals surface area contributed by atoms with Crippen LogP contribution in [0.15, 0.2) is 54.6 Å². The number of hydrazine groups is 1. The van der Waals surface area contributed by atoms with E-state index in [0.29, 0.717) is 11.1 Å². The van der Waals surface area contributed by atoms with Gasteiger partial charge < -0.3 is 4.74 Å². The van der Waals surface area contributed by atoms with Gasteiger partial charge in [0.2, 0.25) is 0 Å². The van der Waals surface area contributed by atoms with Crippen molar-refractivity contribution in [2.75, 3.05) is 0 Å². The summed E-state index contributed by atoms with van der Waals surface area (Å²) >= 11 is 0. The molecule has 0 heterocycles. The number of nitrogens with one attached hydrogen (secondary N) is 2. The summed E-state index contributed by atoms with van der Waals surface area (Å²) in [6.07, 6.45) is -1.11. The fraction of sp³-hybridized carbons (Fsp3) is 0.111. The minimum absolute atomic E-state index is 0.215. The van der Waals surface area contributed by atoms with Crippen molar-refractivity contribution in [1.82, 2.24) is 10.9 Å². The van der Waals surface area contributed by atoms with E-state index in [0.717, 1.165) is 0 Å². The van der Waals surface area contributed by atoms with Gasteiger partial charge in [0.05, 0.1) is 17.2 Å². The highest BCUT2D eigenvalue weighted by Gasteiger charge is 2.19. The highest BCUT2D eigenvalue weighted by molar-refractivity contribution is 5.96. The molecule has 2 N–H and O–H groups in total. The van der Waals surface area contributed by atoms with E-state index in [9.17, 15) is 14.4 Å². The van der Waals surface area contributed by atoms with Crippen molar-refractivity contribution < 1.29 is 19.1 Å². The lowest BCUT2D eigenvalue weighted by atomic mass is 10.1. The van der Waals surface area contributed by atoms with Crippen LogP contribution in [0.5, 0.6) is 0 Å². The van der Waals surface area contributed by atoms with E-state index in [1.54, 1.807) is 30.3 Å². The van der Waals surface area contributed by atoms with Crippen molar-refractivity contribution >= 4 is 17.8 Å². The topological polar surface area (TPSA) is 108 Å². The van der Waals surface area contributed by atoms with Gasteiger partial charge >= 0.3 is 5.97 Å². The first-order valence-corrected chi connectivity index (χ1v) is 7.37. The Kier molecular flexibility index (Phi) is 5.85. The zero-order chi connectivity index (χ0) is 18.2. The SMILES string of the molecule is C[C@H](OC(=O)c1ccc(C#N)cc1)C(=O)NNC(=O)c1ccccc1. The van der Waals surface area contributed by atoms with E-state index >= 15 is 0 Å². The standard InChI is InChI=1S/C18H15N3O4/c1-12(25-18(24)15-9-7-13(11-19)8-10-15)16(22)20-21-17(23)14-5-3-2-4-6-14/h2-10,12H,1H3,(H,20,22)(H,21,23)/t12-/m0/s1. The maximum Gasteiger partial charge on any atom is 0.338 e. The molecule has 0 aliphatic heterocycles. The molecule has 0 bridgehead atoms. The van der Waals surface area contributed by atoms with Gasteiger partial charge in [-0.1, -0.05) is 18.2 Å². The molecule has 0 spiro atoms. The molecule has 126 valence electrons. The molecule has 0 aliphatic carbocycles. The molecule has 2 rings (SSSR count). The first-order chi connectivity index (χ1) is 12.0. The van der Waals surface area contributed by atoms with Crippen LogP contribution in [0.4, 0.5) is 0 Å². The van der Waals surface area contributed by atoms with Crippen molar-refractivity contribution in [3.8, 4) is 6.07 Å². The van der Waals surface area contributed by atoms with Crippen LogP contribution in [-0.2, 0) is 9.53 Å². The number of benzene rings is 2. The fourth-order valence-electron chi connectivity index (χ4n) is 1.84. The predicted molar refractivity (Wildman–Crippen MR) is 88.1 cm³/mol. The lowest BCUT2D eigenvalue weighted by molar-refractivity contribution is -0.129. The monoisotopic (exact) mass is 337 g/mol. The molecule has 0 aromatic heterocycles. The lowest BCUT2D eigenvalue weighted by Crippen LogP contribution is -2.46. The highest BCUT2D eigenvalue weighted by atomic mass is 16.5. The van der Waals surface area contributed by atoms with Crippen LogP contribution < -0.4 is 10.9 Å². The van der Waals surface area contributed by atoms with Crippen molar-refractivity contribution in [3.63, 3.8) is 0 Å². The molecule has 0 saturated heterocycles. The van der Waals surface area contributed by atoms with Gasteiger partial charge in [-0.3, -0.25) is 20.4 Å². The molecule has 0 fully saturated rings. The average molecular weight is 337 g/mol. The van der Waals surface area contributed by atoms with Gasteiger partial charge in [0.15, 0.2) is 6.10 Å². The maximum absolute atomic E-state index is 11.9. The third-order valence-corrected chi connectivity index (χ3v) is 3.24. The second kappa shape index (κ2) is 8.26. The minimum atomic E-state index is -1.11. The molecule has 2 aromatic rings. The summed E-state index contributed by atoms with van der Waals surface area (Å²) in [5.74, 6) is -1.87. The van der Waals surface area contributed by atoms with Crippen LogP contribution in [0.2, 0.25) is 0 Å². The number of esters is 1. The summed E-state index contributed by atoms with van der Waals surface area (Å²) < 4.78 is 5.02. The fourth-order valence-corrected chi connectivity index (χ4v) is 1.84. The first-order valence-electron chi connectivity index (χ1n) is 7.37. The van der Waals surface area contributed by atoms with Gasteiger partial charge in [-0.25, -0.2) is 4.79 Å². The van der Waals surface area contributed by atoms with Crippen molar-refractivity contribution in [3.05, 3.63) is 71.3 Å². The number of nitriles is 1. The number of carbonyl (C=O) groups is 3. The Morgan fingerprint density at radius 3 is 2.20 bits per heavy atom. The largest absolute Gasteiger partial charge is 0.449 e. The number of amides is 2. The van der Waals surface area contributed by atoms with Crippen molar-refractivity contribution in [2.45, 2.75) is 13.0 Å². The normalized spacial score (nSPS) is 10.9. The number of carbonyl (C=O) groups excluding carboxylic acids is 3. The molecule has 2 amide bonds. The quantitative estimate of drug-likeness (QED) is 0.650. The summed E-state index contributed by atoms with van der Waals surface area (Å²) in [5.41, 5.74) is 5.44. The second-order valence-corrected chi connectivity index (χ2v) is 5.05. The molecule has 0 unspecified atom stereocenters. The Morgan fingerprint density at radius 1 is 0.960 bits per heavy atom. The molecule has 1 atom stereocenters. The number of nitrogens with zero attached hydrogens (tertiary/aromatic N) is 1. The van der Waals surface area contributed by atoms with E-state index in [2.05, 4.69) is 10.9 Å². The maximum atomic E-state index is 11.9. The van der Waals surface area contributed by atoms with Crippen molar-refractivity contribution in [2.24, 2.45) is 0 Å². The van der Waals surface area contributed by atoms with Crippen LogP contribution in [0.3, 0.4) is 0 Å². The van der Waals surface area contributed by atoms with Gasteiger partial charge in [0.1, 0.15) is 0 Å². The molecule has 25 heavy (non-hydrogen) atoms. The van der Waals surface area contributed by atoms with Crippen LogP contribution in [0.1, 0.15) is 33.2 Å². The molecule has 0 aliphatic rings. The number of rotatable bonds is 4. The van der Waals surface area contributed by atoms with E-state index in [1.165, 1.54) is 31.2 Å². The van der Waals surface area contributed by atoms with Gasteiger partial charge in [0, 0.05) is 5.56 Å². The molecule has 7 heteroatoms. The summed E-state index contributed by atoms with van der Waals surface area (Å²) in [7, 11) is 0. The zero-order valence-electron chi connectivity index (χ0n) is 13.4. The van der Waals surface area contributed by atoms with E-state index < -0.39 is 23.9 Å². The highest BCUT2D eigenvalue weighted by Crippen LogP contribution is 2.07. The smallest absolute Gasteiger partial charge is 0.338 e. The van der Waals surface area contributed by atoms with Crippen LogP contribution in [0.25, 0.3) is 0 Å². The van der Waals surface area contributed by atoms with E-state index in [1.807, 2.05) is 6.07 Å². The Morgan fingerprint density at radius 2 is 1.60 bits per heavy atom. The summed E-state index contributed by atoms with van der Waals surface area (Å²) in [6, 6.07) is 16.1. The van der Waals surface area contributed by atoms with Crippen LogP contribution in [-0.4, -0.2) is 23.9 Å². The van der Waals surface area contributed by atoms with Crippen LogP contribution in [0, 0.1) is 11.3 Å². The Balaban J connectivity index is 1.86. The predicted octanol–water partition coefficient (Wildman–Crippen LogP) is 1.56. The Bertz CT molecular complexity index is 810. The molecular weight excluding hydrogens is 322 g/mol. The molecular formula is C18H15N3O4. The number of ether oxygens (including phenoxy) is 1. The van der Waals surface area contributed by atoms with Gasteiger partial charge in [0.25, 0.3) is 11.8 Å². The Labute approximate surface area is 144 Å². The van der Waals surface area contributed by atoms with Crippen molar-refractivity contribution in [1.29, 1.82) is 5.26 Å². The molecule has 0 saturated carbocycles. The molecule has 0 radical (unpaired) electrons. The zero-order valence-corrected chi connectivity index (χ0v) is 13.4. The Hall–Kier alpha value is -3.66. The van der Waals surface area contributed by atoms with Gasteiger partial charge in [-0.2, -0.15) is 5.26 Å². The van der Waals surface area contributed by atoms with Crippen LogP contribution >= 0.6 is 0 Å². The summed E-state index contributed by atoms with van der Waals surface area (Å²) in [5, 5.41) is 8.72. The third-order valence-electron chi connectivity index (χ3n) is 3.24. The van der Waals surface area contributed by atoms with E-state index in [4.69, 9.17) is 10.00 Å². The first kappa shape index (κ1) is 17.7. The van der Waals surface area contributed by atoms with Gasteiger partial charge in [-0.05, 0) is 43.3 Å². The molecule has 7 nitrogen and oxygen atoms in total. The van der Waals surface area contributed by atoms with Gasteiger partial charge in [-0.15, -0.1) is 0 Å².